The molecule has 0 fully saturated rings. The summed E-state index contributed by atoms with van der Waals surface area (Å²) in [6.45, 7) is 2.78. The molecule has 0 bridgehead atoms. The molecule has 0 saturated heterocycles. The number of carbonyl (C=O) groups excluding carboxylic acids is 1. The van der Waals surface area contributed by atoms with Crippen LogP contribution < -0.4 is 10.1 Å². The molecule has 25 heavy (non-hydrogen) atoms. The lowest BCUT2D eigenvalue weighted by Gasteiger charge is -2.04. The van der Waals surface area contributed by atoms with E-state index in [-0.39, 0.29) is 12.3 Å². The number of ether oxygens (including phenoxy) is 1. The molecule has 0 aromatic carbocycles. The fourth-order valence-electron chi connectivity index (χ4n) is 2.11. The smallest absolute Gasteiger partial charge is 0.226 e. The fraction of sp³-hybridized carbons (Fsp3) is 0.222. The van der Waals surface area contributed by atoms with Gasteiger partial charge in [-0.05, 0) is 36.8 Å². The van der Waals surface area contributed by atoms with Crippen molar-refractivity contribution in [2.24, 2.45) is 0 Å². The molecule has 128 valence electrons. The Bertz CT molecular complexity index is 819. The number of pyridine rings is 2. The predicted octanol–water partition coefficient (Wildman–Crippen LogP) is 2.68. The van der Waals surface area contributed by atoms with Gasteiger partial charge in [0.05, 0.1) is 18.3 Å². The first kappa shape index (κ1) is 17.0. The highest BCUT2D eigenvalue weighted by molar-refractivity contribution is 7.09. The molecule has 3 heterocycles. The van der Waals surface area contributed by atoms with Gasteiger partial charge in [-0.2, -0.15) is 0 Å². The Hall–Kier alpha value is -2.80. The van der Waals surface area contributed by atoms with Gasteiger partial charge in [-0.3, -0.25) is 14.8 Å². The molecule has 0 aliphatic rings. The molecule has 1 amide bonds. The number of aryl methyl sites for hydroxylation is 1. The van der Waals surface area contributed by atoms with Crippen molar-refractivity contribution >= 4 is 17.2 Å². The van der Waals surface area contributed by atoms with E-state index < -0.39 is 0 Å². The molecule has 0 aliphatic heterocycles. The molecular weight excluding hydrogens is 336 g/mol. The molecule has 1 N–H and O–H groups in total. The maximum atomic E-state index is 12.0. The van der Waals surface area contributed by atoms with Crippen LogP contribution >= 0.6 is 11.3 Å². The minimum atomic E-state index is -0.0580. The van der Waals surface area contributed by atoms with Crippen LogP contribution in [0.2, 0.25) is 0 Å². The van der Waals surface area contributed by atoms with E-state index in [4.69, 9.17) is 4.74 Å². The summed E-state index contributed by atoms with van der Waals surface area (Å²) in [5.41, 5.74) is 2.71. The van der Waals surface area contributed by atoms with E-state index in [0.717, 1.165) is 22.0 Å². The molecule has 0 unspecified atom stereocenters. The van der Waals surface area contributed by atoms with Crippen LogP contribution in [0.5, 0.6) is 5.75 Å². The summed E-state index contributed by atoms with van der Waals surface area (Å²) in [7, 11) is 0. The van der Waals surface area contributed by atoms with Crippen LogP contribution in [0, 0.1) is 6.92 Å². The number of amides is 1. The van der Waals surface area contributed by atoms with Gasteiger partial charge in [0.2, 0.25) is 5.91 Å². The lowest BCUT2D eigenvalue weighted by atomic mass is 10.2. The molecule has 0 saturated carbocycles. The standard InChI is InChI=1S/C18H18N4O2S/c1-13-2-3-16(10-20-13)24-11-18-22-15(12-25-18)8-17(23)21-9-14-4-6-19-7-5-14/h2-7,10,12H,8-9,11H2,1H3,(H,21,23). The van der Waals surface area contributed by atoms with E-state index in [2.05, 4.69) is 20.3 Å². The summed E-state index contributed by atoms with van der Waals surface area (Å²) < 4.78 is 5.65. The normalized spacial score (nSPS) is 10.4. The average Bonchev–Trinajstić information content (AvgIpc) is 3.08. The Labute approximate surface area is 149 Å². The van der Waals surface area contributed by atoms with Crippen molar-refractivity contribution in [1.82, 2.24) is 20.3 Å². The summed E-state index contributed by atoms with van der Waals surface area (Å²) in [5, 5.41) is 5.60. The third-order valence-corrected chi connectivity index (χ3v) is 4.30. The molecule has 0 spiro atoms. The van der Waals surface area contributed by atoms with E-state index in [1.54, 1.807) is 18.6 Å². The number of hydrogen-bond donors (Lipinski definition) is 1. The lowest BCUT2D eigenvalue weighted by Crippen LogP contribution is -2.24. The average molecular weight is 354 g/mol. The Morgan fingerprint density at radius 1 is 1.24 bits per heavy atom. The van der Waals surface area contributed by atoms with E-state index in [1.165, 1.54) is 11.3 Å². The minimum absolute atomic E-state index is 0.0580. The molecule has 3 aromatic rings. The number of rotatable bonds is 7. The van der Waals surface area contributed by atoms with Gasteiger partial charge in [0.25, 0.3) is 0 Å². The third kappa shape index (κ3) is 5.36. The molecule has 0 radical (unpaired) electrons. The predicted molar refractivity (Wildman–Crippen MR) is 95.2 cm³/mol. The highest BCUT2D eigenvalue weighted by Crippen LogP contribution is 2.15. The number of thiazole rings is 1. The number of nitrogens with zero attached hydrogens (tertiary/aromatic N) is 3. The molecule has 3 aromatic heterocycles. The molecule has 6 nitrogen and oxygen atoms in total. The van der Waals surface area contributed by atoms with Crippen LogP contribution in [-0.4, -0.2) is 20.9 Å². The molecule has 0 aliphatic carbocycles. The zero-order chi connectivity index (χ0) is 17.5. The van der Waals surface area contributed by atoms with Gasteiger partial charge in [-0.1, -0.05) is 0 Å². The van der Waals surface area contributed by atoms with Crippen LogP contribution in [-0.2, 0) is 24.4 Å². The monoisotopic (exact) mass is 354 g/mol. The highest BCUT2D eigenvalue weighted by Gasteiger charge is 2.08. The molecule has 7 heteroatoms. The van der Waals surface area contributed by atoms with E-state index in [1.807, 2.05) is 36.6 Å². The maximum Gasteiger partial charge on any atom is 0.226 e. The Morgan fingerprint density at radius 2 is 2.08 bits per heavy atom. The zero-order valence-corrected chi connectivity index (χ0v) is 14.6. The summed E-state index contributed by atoms with van der Waals surface area (Å²) in [5.74, 6) is 0.648. The second kappa shape index (κ2) is 8.34. The number of carbonyl (C=O) groups is 1. The minimum Gasteiger partial charge on any atom is -0.485 e. The second-order valence-corrected chi connectivity index (χ2v) is 6.41. The van der Waals surface area contributed by atoms with Gasteiger partial charge >= 0.3 is 0 Å². The quantitative estimate of drug-likeness (QED) is 0.706. The Morgan fingerprint density at radius 3 is 2.84 bits per heavy atom. The molecular formula is C18H18N4O2S. The summed E-state index contributed by atoms with van der Waals surface area (Å²) in [4.78, 5) is 24.6. The van der Waals surface area contributed by atoms with Gasteiger partial charge < -0.3 is 10.1 Å². The largest absolute Gasteiger partial charge is 0.485 e. The van der Waals surface area contributed by atoms with Gasteiger partial charge in [0, 0.05) is 30.0 Å². The summed E-state index contributed by atoms with van der Waals surface area (Å²) in [6.07, 6.45) is 5.36. The first-order valence-electron chi connectivity index (χ1n) is 7.83. The molecule has 0 atom stereocenters. The second-order valence-electron chi connectivity index (χ2n) is 5.47. The van der Waals surface area contributed by atoms with Gasteiger partial charge in [-0.15, -0.1) is 11.3 Å². The van der Waals surface area contributed by atoms with Crippen molar-refractivity contribution in [3.05, 3.63) is 70.2 Å². The van der Waals surface area contributed by atoms with Crippen molar-refractivity contribution in [3.63, 3.8) is 0 Å². The third-order valence-electron chi connectivity index (χ3n) is 3.43. The summed E-state index contributed by atoms with van der Waals surface area (Å²) in [6, 6.07) is 7.52. The van der Waals surface area contributed by atoms with E-state index in [9.17, 15) is 4.79 Å². The van der Waals surface area contributed by atoms with Crippen molar-refractivity contribution in [3.8, 4) is 5.75 Å². The van der Waals surface area contributed by atoms with Gasteiger partial charge in [-0.25, -0.2) is 4.98 Å². The SMILES string of the molecule is Cc1ccc(OCc2nc(CC(=O)NCc3ccncc3)cs2)cn1. The first-order chi connectivity index (χ1) is 12.2. The van der Waals surface area contributed by atoms with Crippen LogP contribution in [0.1, 0.15) is 22.0 Å². The Balaban J connectivity index is 1.46. The van der Waals surface area contributed by atoms with Crippen molar-refractivity contribution in [2.75, 3.05) is 0 Å². The van der Waals surface area contributed by atoms with Crippen LogP contribution in [0.25, 0.3) is 0 Å². The highest BCUT2D eigenvalue weighted by atomic mass is 32.1. The molecule has 3 rings (SSSR count). The zero-order valence-electron chi connectivity index (χ0n) is 13.8. The van der Waals surface area contributed by atoms with Gasteiger partial charge in [0.15, 0.2) is 0 Å². The fourth-order valence-corrected chi connectivity index (χ4v) is 2.81. The van der Waals surface area contributed by atoms with Crippen molar-refractivity contribution in [1.29, 1.82) is 0 Å². The van der Waals surface area contributed by atoms with Crippen molar-refractivity contribution < 1.29 is 9.53 Å². The number of aromatic nitrogens is 3. The Kier molecular flexibility index (Phi) is 5.69. The lowest BCUT2D eigenvalue weighted by molar-refractivity contribution is -0.120. The topological polar surface area (TPSA) is 77.0 Å². The van der Waals surface area contributed by atoms with Crippen LogP contribution in [0.15, 0.2) is 48.2 Å². The number of nitrogens with one attached hydrogen (secondary N) is 1. The van der Waals surface area contributed by atoms with Crippen LogP contribution in [0.4, 0.5) is 0 Å². The summed E-state index contributed by atoms with van der Waals surface area (Å²) >= 11 is 1.48. The van der Waals surface area contributed by atoms with Crippen LogP contribution in [0.3, 0.4) is 0 Å². The number of hydrogen-bond acceptors (Lipinski definition) is 6. The van der Waals surface area contributed by atoms with Gasteiger partial charge in [0.1, 0.15) is 17.4 Å². The van der Waals surface area contributed by atoms with E-state index >= 15 is 0 Å². The van der Waals surface area contributed by atoms with E-state index in [0.29, 0.717) is 18.9 Å². The maximum absolute atomic E-state index is 12.0. The van der Waals surface area contributed by atoms with Crippen molar-refractivity contribution in [2.45, 2.75) is 26.5 Å². The first-order valence-corrected chi connectivity index (χ1v) is 8.71.